The predicted octanol–water partition coefficient (Wildman–Crippen LogP) is 0.827. The van der Waals surface area contributed by atoms with E-state index in [1.807, 2.05) is 0 Å². The lowest BCUT2D eigenvalue weighted by molar-refractivity contribution is 0.610. The van der Waals surface area contributed by atoms with Gasteiger partial charge < -0.3 is 11.5 Å². The molecule has 4 N–H and O–H groups in total. The molecule has 1 rings (SSSR count). The molecule has 0 aromatic heterocycles. The van der Waals surface area contributed by atoms with Gasteiger partial charge in [0, 0.05) is 0 Å². The van der Waals surface area contributed by atoms with Crippen LogP contribution in [0, 0.1) is 3.57 Å². The first kappa shape index (κ1) is 10.9. The molecule has 5 nitrogen and oxygen atoms in total. The molecule has 0 bridgehead atoms. The van der Waals surface area contributed by atoms with Crippen molar-refractivity contribution in [2.24, 2.45) is 16.5 Å². The Morgan fingerprint density at radius 1 is 1.36 bits per heavy atom. The van der Waals surface area contributed by atoms with Gasteiger partial charge in [-0.2, -0.15) is 0 Å². The molecular formula is C8H10IN3O2. The summed E-state index contributed by atoms with van der Waals surface area (Å²) in [7, 11) is 0. The van der Waals surface area contributed by atoms with Gasteiger partial charge in [0.1, 0.15) is 0 Å². The molecule has 0 fully saturated rings. The van der Waals surface area contributed by atoms with E-state index in [2.05, 4.69) is 4.99 Å². The molecule has 0 amide bonds. The highest BCUT2D eigenvalue weighted by Gasteiger charge is 1.99. The van der Waals surface area contributed by atoms with Crippen molar-refractivity contribution in [2.75, 3.05) is 0 Å². The molecule has 0 spiro atoms. The number of aliphatic imine (C=N–C) groups is 1. The average Bonchev–Trinajstić information content (AvgIpc) is 2.15. The molecule has 0 aliphatic carbocycles. The number of hydrogen-bond donors (Lipinski definition) is 2. The van der Waals surface area contributed by atoms with Crippen LogP contribution in [0.5, 0.6) is 0 Å². The molecule has 0 aliphatic rings. The monoisotopic (exact) mass is 307 g/mol. The van der Waals surface area contributed by atoms with E-state index in [0.29, 0.717) is 10.1 Å². The normalized spacial score (nSPS) is 10.1. The van der Waals surface area contributed by atoms with Crippen molar-refractivity contribution in [1.29, 1.82) is 0 Å². The molecule has 0 saturated carbocycles. The Labute approximate surface area is 88.3 Å². The molecule has 0 heterocycles. The fourth-order valence-electron chi connectivity index (χ4n) is 0.914. The van der Waals surface area contributed by atoms with Crippen molar-refractivity contribution >= 4 is 25.8 Å². The van der Waals surface area contributed by atoms with E-state index in [1.165, 1.54) is 0 Å². The van der Waals surface area contributed by atoms with E-state index in [0.717, 1.165) is 5.56 Å². The van der Waals surface area contributed by atoms with Gasteiger partial charge >= 0.3 is 19.8 Å². The fraction of sp³-hybridized carbons (Fsp3) is 0.125. The Kier molecular flexibility index (Phi) is 3.81. The lowest BCUT2D eigenvalue weighted by atomic mass is 10.2. The number of nitrogens with two attached hydrogens (primary N) is 2. The van der Waals surface area contributed by atoms with Crippen molar-refractivity contribution in [1.82, 2.24) is 0 Å². The van der Waals surface area contributed by atoms with Crippen molar-refractivity contribution in [3.63, 3.8) is 0 Å². The number of nitrogens with zero attached hydrogens (tertiary/aromatic N) is 1. The Balaban J connectivity index is 2.89. The number of halogens is 1. The molecule has 14 heavy (non-hydrogen) atoms. The SMILES string of the molecule is NC(N)=NCc1cccc(I(=O)=O)c1. The number of guanidine groups is 1. The maximum atomic E-state index is 10.7. The van der Waals surface area contributed by atoms with Crippen LogP contribution >= 0.6 is 19.8 Å². The molecule has 0 radical (unpaired) electrons. The first-order valence-corrected chi connectivity index (χ1v) is 6.63. The number of hydrogen-bond acceptors (Lipinski definition) is 3. The molecule has 0 atom stereocenters. The summed E-state index contributed by atoms with van der Waals surface area (Å²) in [6.07, 6.45) is 0. The maximum absolute atomic E-state index is 10.7. The number of rotatable bonds is 3. The summed E-state index contributed by atoms with van der Waals surface area (Å²) >= 11 is -3.38. The van der Waals surface area contributed by atoms with Crippen LogP contribution < -0.4 is 11.5 Å². The fourth-order valence-corrected chi connectivity index (χ4v) is 2.07. The topological polar surface area (TPSA) is 98.5 Å². The molecule has 1 aromatic carbocycles. The van der Waals surface area contributed by atoms with Crippen molar-refractivity contribution in [3.8, 4) is 0 Å². The summed E-state index contributed by atoms with van der Waals surface area (Å²) in [6, 6.07) is 6.59. The van der Waals surface area contributed by atoms with Crippen LogP contribution in [-0.4, -0.2) is 5.96 Å². The smallest absolute Gasteiger partial charge is 0.340 e. The third-order valence-electron chi connectivity index (χ3n) is 1.51. The quantitative estimate of drug-likeness (QED) is 0.491. The Morgan fingerprint density at radius 3 is 2.64 bits per heavy atom. The van der Waals surface area contributed by atoms with Gasteiger partial charge in [0.15, 0.2) is 5.96 Å². The predicted molar refractivity (Wildman–Crippen MR) is 60.0 cm³/mol. The summed E-state index contributed by atoms with van der Waals surface area (Å²) in [5.74, 6) is -0.00462. The van der Waals surface area contributed by atoms with Crippen LogP contribution in [0.1, 0.15) is 5.56 Å². The molecule has 1 aromatic rings. The van der Waals surface area contributed by atoms with Crippen LogP contribution in [0.3, 0.4) is 0 Å². The standard InChI is InChI=1S/C8H10IN3O2/c10-8(11)12-5-6-2-1-3-7(4-6)9(13)14/h1-4H,5H2,(H4,10,11,12). The van der Waals surface area contributed by atoms with E-state index in [1.54, 1.807) is 24.3 Å². The second kappa shape index (κ2) is 4.89. The second-order valence-corrected chi connectivity index (χ2v) is 5.07. The van der Waals surface area contributed by atoms with Gasteiger partial charge in [-0.25, -0.2) is 11.1 Å². The summed E-state index contributed by atoms with van der Waals surface area (Å²) in [5, 5.41) is 0. The molecular weight excluding hydrogens is 297 g/mol. The van der Waals surface area contributed by atoms with Gasteiger partial charge in [-0.1, -0.05) is 12.1 Å². The van der Waals surface area contributed by atoms with Crippen LogP contribution in [0.25, 0.3) is 0 Å². The van der Waals surface area contributed by atoms with Gasteiger partial charge in [0.05, 0.1) is 10.1 Å². The van der Waals surface area contributed by atoms with Gasteiger partial charge in [0.25, 0.3) is 0 Å². The minimum atomic E-state index is -3.38. The molecule has 6 heteroatoms. The first-order chi connectivity index (χ1) is 6.59. The summed E-state index contributed by atoms with van der Waals surface area (Å²) < 4.78 is 21.8. The minimum absolute atomic E-state index is 0.00462. The van der Waals surface area contributed by atoms with Crippen LogP contribution in [0.2, 0.25) is 0 Å². The average molecular weight is 307 g/mol. The Hall–Kier alpha value is -1.18. The largest absolute Gasteiger partial charge is 0.370 e. The van der Waals surface area contributed by atoms with Crippen LogP contribution in [-0.2, 0) is 12.7 Å². The summed E-state index contributed by atoms with van der Waals surface area (Å²) in [4.78, 5) is 3.78. The van der Waals surface area contributed by atoms with E-state index in [-0.39, 0.29) is 5.96 Å². The van der Waals surface area contributed by atoms with Gasteiger partial charge in [-0.15, -0.1) is 0 Å². The Morgan fingerprint density at radius 2 is 2.07 bits per heavy atom. The molecule has 76 valence electrons. The Bertz CT molecular complexity index is 414. The van der Waals surface area contributed by atoms with E-state index in [4.69, 9.17) is 11.5 Å². The zero-order valence-electron chi connectivity index (χ0n) is 7.31. The minimum Gasteiger partial charge on any atom is -0.370 e. The van der Waals surface area contributed by atoms with Gasteiger partial charge in [-0.05, 0) is 17.7 Å². The highest BCUT2D eigenvalue weighted by Crippen LogP contribution is 2.18. The molecule has 0 saturated heterocycles. The lowest BCUT2D eigenvalue weighted by Crippen LogP contribution is -2.22. The molecule has 0 unspecified atom stereocenters. The van der Waals surface area contributed by atoms with Gasteiger partial charge in [-0.3, -0.25) is 0 Å². The summed E-state index contributed by atoms with van der Waals surface area (Å²) in [5.41, 5.74) is 11.1. The first-order valence-electron chi connectivity index (χ1n) is 3.79. The van der Waals surface area contributed by atoms with Crippen molar-refractivity contribution < 1.29 is 6.14 Å². The van der Waals surface area contributed by atoms with E-state index < -0.39 is 19.8 Å². The second-order valence-electron chi connectivity index (χ2n) is 2.59. The number of benzene rings is 1. The van der Waals surface area contributed by atoms with Crippen LogP contribution in [0.15, 0.2) is 29.3 Å². The van der Waals surface area contributed by atoms with Crippen molar-refractivity contribution in [2.45, 2.75) is 6.54 Å². The van der Waals surface area contributed by atoms with Crippen molar-refractivity contribution in [3.05, 3.63) is 33.4 Å². The zero-order valence-corrected chi connectivity index (χ0v) is 9.47. The third-order valence-corrected chi connectivity index (χ3v) is 3.20. The zero-order chi connectivity index (χ0) is 10.6. The van der Waals surface area contributed by atoms with Crippen LogP contribution in [0.4, 0.5) is 0 Å². The third kappa shape index (κ3) is 3.29. The van der Waals surface area contributed by atoms with Gasteiger partial charge in [0.2, 0.25) is 0 Å². The highest BCUT2D eigenvalue weighted by atomic mass is 127. The van der Waals surface area contributed by atoms with E-state index >= 15 is 0 Å². The lowest BCUT2D eigenvalue weighted by Gasteiger charge is -1.97. The molecule has 0 aliphatic heterocycles. The summed E-state index contributed by atoms with van der Waals surface area (Å²) in [6.45, 7) is 0.306. The maximum Gasteiger partial charge on any atom is 0.340 e. The van der Waals surface area contributed by atoms with E-state index in [9.17, 15) is 6.14 Å². The highest BCUT2D eigenvalue weighted by molar-refractivity contribution is 14.2.